The molecule has 0 amide bonds. The summed E-state index contributed by atoms with van der Waals surface area (Å²) >= 11 is 0. The van der Waals surface area contributed by atoms with E-state index >= 15 is 0 Å². The van der Waals surface area contributed by atoms with Crippen LogP contribution in [0.5, 0.6) is 0 Å². The molecular formula is C20H26F2N4. The van der Waals surface area contributed by atoms with Crippen molar-refractivity contribution in [3.05, 3.63) is 47.5 Å². The van der Waals surface area contributed by atoms with Gasteiger partial charge in [0, 0.05) is 24.3 Å². The van der Waals surface area contributed by atoms with E-state index in [1.54, 1.807) is 0 Å². The maximum Gasteiger partial charge on any atom is 0.156 e. The average Bonchev–Trinajstić information content (AvgIpc) is 2.60. The number of hydrogen-bond donors (Lipinski definition) is 2. The SMILES string of the molecule is Cc1c(F)cc(N)c(N(N)c2ccc(N3CCC(C)(C)CC3)cc2)c1F. The van der Waals surface area contributed by atoms with E-state index in [1.807, 2.05) is 24.3 Å². The second-order valence-electron chi connectivity index (χ2n) is 7.77. The Balaban J connectivity index is 1.82. The summed E-state index contributed by atoms with van der Waals surface area (Å²) in [5.41, 5.74) is 7.73. The van der Waals surface area contributed by atoms with Crippen LogP contribution < -0.4 is 21.5 Å². The summed E-state index contributed by atoms with van der Waals surface area (Å²) in [4.78, 5) is 2.34. The molecule has 0 radical (unpaired) electrons. The molecule has 0 bridgehead atoms. The predicted molar refractivity (Wildman–Crippen MR) is 104 cm³/mol. The summed E-state index contributed by atoms with van der Waals surface area (Å²) in [6, 6.07) is 8.69. The first-order valence-corrected chi connectivity index (χ1v) is 8.83. The number of anilines is 4. The third-order valence-electron chi connectivity index (χ3n) is 5.30. The monoisotopic (exact) mass is 360 g/mol. The highest BCUT2D eigenvalue weighted by Crippen LogP contribution is 2.35. The van der Waals surface area contributed by atoms with E-state index in [1.165, 1.54) is 11.9 Å². The van der Waals surface area contributed by atoms with Crippen molar-refractivity contribution in [3.8, 4) is 0 Å². The predicted octanol–water partition coefficient (Wildman–Crippen LogP) is 4.49. The molecule has 1 heterocycles. The van der Waals surface area contributed by atoms with Crippen LogP contribution in [0.1, 0.15) is 32.3 Å². The maximum absolute atomic E-state index is 14.5. The zero-order valence-corrected chi connectivity index (χ0v) is 15.5. The molecule has 26 heavy (non-hydrogen) atoms. The topological polar surface area (TPSA) is 58.5 Å². The summed E-state index contributed by atoms with van der Waals surface area (Å²) in [6.45, 7) is 7.98. The van der Waals surface area contributed by atoms with Crippen LogP contribution in [0, 0.1) is 24.0 Å². The Kier molecular flexibility index (Phi) is 4.80. The van der Waals surface area contributed by atoms with Crippen LogP contribution in [-0.2, 0) is 0 Å². The Hall–Kier alpha value is -2.34. The minimum Gasteiger partial charge on any atom is -0.397 e. The summed E-state index contributed by atoms with van der Waals surface area (Å²) < 4.78 is 28.1. The van der Waals surface area contributed by atoms with E-state index in [0.717, 1.165) is 37.7 Å². The molecule has 1 saturated heterocycles. The molecule has 140 valence electrons. The molecule has 0 atom stereocenters. The van der Waals surface area contributed by atoms with Crippen LogP contribution in [0.25, 0.3) is 0 Å². The minimum absolute atomic E-state index is 0.0172. The molecule has 1 aliphatic heterocycles. The molecule has 0 spiro atoms. The number of piperidine rings is 1. The standard InChI is InChI=1S/C20H26F2N4/c1-13-16(21)12-17(23)19(18(13)22)26(24)15-6-4-14(5-7-15)25-10-8-20(2,3)9-11-25/h4-7,12H,8-11,23-24H2,1-3H3. The van der Waals surface area contributed by atoms with Gasteiger partial charge in [-0.15, -0.1) is 0 Å². The van der Waals surface area contributed by atoms with Crippen LogP contribution in [0.2, 0.25) is 0 Å². The average molecular weight is 360 g/mol. The van der Waals surface area contributed by atoms with Gasteiger partial charge in [-0.1, -0.05) is 13.8 Å². The fourth-order valence-corrected chi connectivity index (χ4v) is 3.29. The molecule has 1 aliphatic rings. The number of nitrogen functional groups attached to an aromatic ring is 1. The Morgan fingerprint density at radius 2 is 1.65 bits per heavy atom. The quantitative estimate of drug-likeness (QED) is 0.481. The number of rotatable bonds is 3. The number of halogens is 2. The fraction of sp³-hybridized carbons (Fsp3) is 0.400. The summed E-state index contributed by atoms with van der Waals surface area (Å²) in [5.74, 6) is 4.66. The first kappa shape index (κ1) is 18.5. The molecule has 0 unspecified atom stereocenters. The second-order valence-corrected chi connectivity index (χ2v) is 7.77. The Morgan fingerprint density at radius 1 is 1.08 bits per heavy atom. The van der Waals surface area contributed by atoms with E-state index in [4.69, 9.17) is 11.6 Å². The van der Waals surface area contributed by atoms with Gasteiger partial charge in [0.05, 0.1) is 11.4 Å². The van der Waals surface area contributed by atoms with Crippen molar-refractivity contribution in [1.82, 2.24) is 0 Å². The lowest BCUT2D eigenvalue weighted by Crippen LogP contribution is -2.37. The largest absolute Gasteiger partial charge is 0.397 e. The lowest BCUT2D eigenvalue weighted by atomic mass is 9.82. The second kappa shape index (κ2) is 6.76. The van der Waals surface area contributed by atoms with Crippen molar-refractivity contribution in [2.24, 2.45) is 11.3 Å². The molecule has 2 aromatic rings. The van der Waals surface area contributed by atoms with Crippen LogP contribution >= 0.6 is 0 Å². The zero-order chi connectivity index (χ0) is 19.1. The molecule has 4 nitrogen and oxygen atoms in total. The molecular weight excluding hydrogens is 334 g/mol. The van der Waals surface area contributed by atoms with Crippen molar-refractivity contribution in [2.45, 2.75) is 33.6 Å². The van der Waals surface area contributed by atoms with Crippen molar-refractivity contribution in [2.75, 3.05) is 28.7 Å². The lowest BCUT2D eigenvalue weighted by Gasteiger charge is -2.38. The van der Waals surface area contributed by atoms with Crippen molar-refractivity contribution < 1.29 is 8.78 Å². The molecule has 2 aromatic carbocycles. The van der Waals surface area contributed by atoms with Gasteiger partial charge in [0.2, 0.25) is 0 Å². The molecule has 4 N–H and O–H groups in total. The highest BCUT2D eigenvalue weighted by atomic mass is 19.1. The van der Waals surface area contributed by atoms with Gasteiger partial charge in [0.15, 0.2) is 5.82 Å². The lowest BCUT2D eigenvalue weighted by molar-refractivity contribution is 0.280. The van der Waals surface area contributed by atoms with Crippen molar-refractivity contribution in [3.63, 3.8) is 0 Å². The first-order chi connectivity index (χ1) is 12.2. The minimum atomic E-state index is -0.743. The Labute approximate surface area is 153 Å². The smallest absolute Gasteiger partial charge is 0.156 e. The van der Waals surface area contributed by atoms with Gasteiger partial charge in [0.1, 0.15) is 11.5 Å². The van der Waals surface area contributed by atoms with Gasteiger partial charge in [-0.2, -0.15) is 0 Å². The third kappa shape index (κ3) is 3.46. The fourth-order valence-electron chi connectivity index (χ4n) is 3.29. The third-order valence-corrected chi connectivity index (χ3v) is 5.30. The van der Waals surface area contributed by atoms with Gasteiger partial charge in [-0.3, -0.25) is 5.01 Å². The van der Waals surface area contributed by atoms with E-state index in [0.29, 0.717) is 11.1 Å². The molecule has 0 aliphatic carbocycles. The number of hydrazine groups is 1. The van der Waals surface area contributed by atoms with Gasteiger partial charge in [-0.05, 0) is 55.5 Å². The highest BCUT2D eigenvalue weighted by molar-refractivity contribution is 5.76. The number of benzene rings is 2. The highest BCUT2D eigenvalue weighted by Gasteiger charge is 2.25. The number of hydrogen-bond acceptors (Lipinski definition) is 4. The number of nitrogens with two attached hydrogens (primary N) is 2. The van der Waals surface area contributed by atoms with Crippen molar-refractivity contribution >= 4 is 22.7 Å². The normalized spacial score (nSPS) is 16.6. The molecule has 1 fully saturated rings. The number of nitrogens with zero attached hydrogens (tertiary/aromatic N) is 2. The maximum atomic E-state index is 14.5. The van der Waals surface area contributed by atoms with Gasteiger partial charge < -0.3 is 10.6 Å². The van der Waals surface area contributed by atoms with Crippen LogP contribution in [0.15, 0.2) is 30.3 Å². The summed E-state index contributed by atoms with van der Waals surface area (Å²) in [5, 5.41) is 1.17. The molecule has 0 aromatic heterocycles. The Morgan fingerprint density at radius 3 is 2.23 bits per heavy atom. The van der Waals surface area contributed by atoms with E-state index in [-0.39, 0.29) is 16.9 Å². The Bertz CT molecular complexity index is 792. The van der Waals surface area contributed by atoms with Crippen LogP contribution in [-0.4, -0.2) is 13.1 Å². The van der Waals surface area contributed by atoms with E-state index < -0.39 is 11.6 Å². The van der Waals surface area contributed by atoms with Gasteiger partial charge in [0.25, 0.3) is 0 Å². The van der Waals surface area contributed by atoms with Crippen molar-refractivity contribution in [1.29, 1.82) is 0 Å². The zero-order valence-electron chi connectivity index (χ0n) is 15.5. The van der Waals surface area contributed by atoms with Crippen LogP contribution in [0.3, 0.4) is 0 Å². The first-order valence-electron chi connectivity index (χ1n) is 8.83. The molecule has 3 rings (SSSR count). The van der Waals surface area contributed by atoms with Gasteiger partial charge in [-0.25, -0.2) is 14.6 Å². The summed E-state index contributed by atoms with van der Waals surface area (Å²) in [6.07, 6.45) is 2.29. The molecule has 0 saturated carbocycles. The summed E-state index contributed by atoms with van der Waals surface area (Å²) in [7, 11) is 0. The van der Waals surface area contributed by atoms with Crippen LogP contribution in [0.4, 0.5) is 31.5 Å². The molecule has 6 heteroatoms. The van der Waals surface area contributed by atoms with E-state index in [2.05, 4.69) is 18.7 Å². The van der Waals surface area contributed by atoms with Gasteiger partial charge >= 0.3 is 0 Å². The van der Waals surface area contributed by atoms with E-state index in [9.17, 15) is 8.78 Å².